The number of hydrogen-bond donors (Lipinski definition) is 0. The van der Waals surface area contributed by atoms with Crippen LogP contribution in [0.3, 0.4) is 0 Å². The summed E-state index contributed by atoms with van der Waals surface area (Å²) in [6.45, 7) is 7.14. The molecule has 0 aliphatic carbocycles. The molecule has 2 heterocycles. The maximum atomic E-state index is 6.80. The molecule has 2 aliphatic rings. The van der Waals surface area contributed by atoms with Crippen molar-refractivity contribution in [3.63, 3.8) is 0 Å². The second kappa shape index (κ2) is 7.77. The Morgan fingerprint density at radius 1 is 1.04 bits per heavy atom. The summed E-state index contributed by atoms with van der Waals surface area (Å²) in [5, 5.41) is 0. The van der Waals surface area contributed by atoms with Crippen LogP contribution in [-0.2, 0) is 4.74 Å². The van der Waals surface area contributed by atoms with Gasteiger partial charge in [0.2, 0.25) is 0 Å². The molecule has 2 unspecified atom stereocenters. The van der Waals surface area contributed by atoms with E-state index < -0.39 is 0 Å². The monoisotopic (exact) mass is 347 g/mol. The van der Waals surface area contributed by atoms with Crippen molar-refractivity contribution in [3.05, 3.63) is 83.9 Å². The van der Waals surface area contributed by atoms with Crippen molar-refractivity contribution in [2.24, 2.45) is 0 Å². The quantitative estimate of drug-likeness (QED) is 0.659. The standard InChI is InChI=1S/C24H29NO/c1-3-15-25-20-13-14-21(25)17-22(16-20)26-24(19-10-5-4-6-11-19)23-12-8-7-9-18(23)2/h3-12,20-22,24H,1,13-17H2,2H3/t20-,21+,22?,24?. The second-order valence-electron chi connectivity index (χ2n) is 7.75. The minimum absolute atomic E-state index is 0.0211. The molecule has 0 saturated carbocycles. The van der Waals surface area contributed by atoms with E-state index in [0.29, 0.717) is 18.2 Å². The van der Waals surface area contributed by atoms with Crippen molar-refractivity contribution in [2.45, 2.75) is 56.9 Å². The minimum Gasteiger partial charge on any atom is -0.365 e. The third kappa shape index (κ3) is 3.49. The van der Waals surface area contributed by atoms with Crippen LogP contribution in [0, 0.1) is 6.92 Å². The molecular formula is C24H29NO. The highest BCUT2D eigenvalue weighted by Gasteiger charge is 2.41. The van der Waals surface area contributed by atoms with Crippen molar-refractivity contribution >= 4 is 0 Å². The first-order chi connectivity index (χ1) is 12.8. The number of hydrogen-bond acceptors (Lipinski definition) is 2. The molecule has 2 aliphatic heterocycles. The fourth-order valence-corrected chi connectivity index (χ4v) is 4.82. The van der Waals surface area contributed by atoms with Gasteiger partial charge < -0.3 is 4.74 Å². The number of rotatable bonds is 6. The van der Waals surface area contributed by atoms with E-state index >= 15 is 0 Å². The Bertz CT molecular complexity index is 727. The Morgan fingerprint density at radius 2 is 1.69 bits per heavy atom. The van der Waals surface area contributed by atoms with Gasteiger partial charge in [0.1, 0.15) is 6.10 Å². The van der Waals surface area contributed by atoms with Gasteiger partial charge in [-0.2, -0.15) is 0 Å². The number of piperidine rings is 1. The summed E-state index contributed by atoms with van der Waals surface area (Å²) in [6, 6.07) is 20.6. The fraction of sp³-hybridized carbons (Fsp3) is 0.417. The highest BCUT2D eigenvalue weighted by molar-refractivity contribution is 5.35. The van der Waals surface area contributed by atoms with Crippen LogP contribution in [0.25, 0.3) is 0 Å². The fourth-order valence-electron chi connectivity index (χ4n) is 4.82. The highest BCUT2D eigenvalue weighted by Crippen LogP contribution is 2.40. The van der Waals surface area contributed by atoms with Gasteiger partial charge in [0.05, 0.1) is 6.10 Å². The van der Waals surface area contributed by atoms with Crippen molar-refractivity contribution in [3.8, 4) is 0 Å². The van der Waals surface area contributed by atoms with E-state index in [4.69, 9.17) is 4.74 Å². The first-order valence-corrected chi connectivity index (χ1v) is 9.89. The van der Waals surface area contributed by atoms with E-state index in [2.05, 4.69) is 73.0 Å². The van der Waals surface area contributed by atoms with Gasteiger partial charge in [-0.25, -0.2) is 0 Å². The highest BCUT2D eigenvalue weighted by atomic mass is 16.5. The zero-order valence-corrected chi connectivity index (χ0v) is 15.7. The van der Waals surface area contributed by atoms with Crippen LogP contribution >= 0.6 is 0 Å². The molecule has 2 nitrogen and oxygen atoms in total. The lowest BCUT2D eigenvalue weighted by atomic mass is 9.95. The smallest absolute Gasteiger partial charge is 0.108 e. The lowest BCUT2D eigenvalue weighted by Gasteiger charge is -2.39. The molecule has 0 aromatic heterocycles. The molecular weight excluding hydrogens is 318 g/mol. The van der Waals surface area contributed by atoms with Crippen LogP contribution in [0.2, 0.25) is 0 Å². The van der Waals surface area contributed by atoms with E-state index in [0.717, 1.165) is 19.4 Å². The summed E-state index contributed by atoms with van der Waals surface area (Å²) in [5.74, 6) is 0. The predicted molar refractivity (Wildman–Crippen MR) is 107 cm³/mol. The summed E-state index contributed by atoms with van der Waals surface area (Å²) < 4.78 is 6.80. The molecule has 0 spiro atoms. The first kappa shape index (κ1) is 17.5. The van der Waals surface area contributed by atoms with Gasteiger partial charge in [0.25, 0.3) is 0 Å². The molecule has 2 fully saturated rings. The van der Waals surface area contributed by atoms with E-state index in [9.17, 15) is 0 Å². The summed E-state index contributed by atoms with van der Waals surface area (Å²) in [7, 11) is 0. The molecule has 2 heteroatoms. The third-order valence-electron chi connectivity index (χ3n) is 6.08. The number of nitrogens with zero attached hydrogens (tertiary/aromatic N) is 1. The summed E-state index contributed by atoms with van der Waals surface area (Å²) in [5.41, 5.74) is 3.84. The molecule has 0 N–H and O–H groups in total. The van der Waals surface area contributed by atoms with Gasteiger partial charge >= 0.3 is 0 Å². The Hall–Kier alpha value is -1.90. The van der Waals surface area contributed by atoms with Crippen LogP contribution in [0.5, 0.6) is 0 Å². The molecule has 0 amide bonds. The zero-order chi connectivity index (χ0) is 17.9. The SMILES string of the molecule is C=CCN1[C@@H]2CC[C@H]1CC(OC(c1ccccc1)c1ccccc1C)C2. The molecule has 2 aromatic rings. The van der Waals surface area contributed by atoms with Crippen molar-refractivity contribution in [2.75, 3.05) is 6.54 Å². The average molecular weight is 348 g/mol. The van der Waals surface area contributed by atoms with Gasteiger partial charge in [-0.3, -0.25) is 4.90 Å². The molecule has 4 rings (SSSR count). The average Bonchev–Trinajstić information content (AvgIpc) is 2.90. The lowest BCUT2D eigenvalue weighted by Crippen LogP contribution is -2.45. The van der Waals surface area contributed by atoms with Gasteiger partial charge in [0.15, 0.2) is 0 Å². The Kier molecular flexibility index (Phi) is 5.23. The van der Waals surface area contributed by atoms with Crippen molar-refractivity contribution < 1.29 is 4.74 Å². The molecule has 0 radical (unpaired) electrons. The van der Waals surface area contributed by atoms with Crippen LogP contribution in [0.4, 0.5) is 0 Å². The number of fused-ring (bicyclic) bond motifs is 2. The van der Waals surface area contributed by atoms with E-state index in [1.54, 1.807) is 0 Å². The maximum Gasteiger partial charge on any atom is 0.108 e. The van der Waals surface area contributed by atoms with Crippen molar-refractivity contribution in [1.82, 2.24) is 4.90 Å². The molecule has 136 valence electrons. The number of ether oxygens (including phenoxy) is 1. The van der Waals surface area contributed by atoms with Crippen LogP contribution in [0.1, 0.15) is 48.5 Å². The largest absolute Gasteiger partial charge is 0.365 e. The van der Waals surface area contributed by atoms with Crippen LogP contribution in [0.15, 0.2) is 67.3 Å². The van der Waals surface area contributed by atoms with Gasteiger partial charge in [0, 0.05) is 18.6 Å². The zero-order valence-electron chi connectivity index (χ0n) is 15.7. The third-order valence-corrected chi connectivity index (χ3v) is 6.08. The van der Waals surface area contributed by atoms with E-state index in [-0.39, 0.29) is 6.10 Å². The van der Waals surface area contributed by atoms with Gasteiger partial charge in [-0.05, 0) is 49.3 Å². The number of aryl methyl sites for hydroxylation is 1. The minimum atomic E-state index is 0.0211. The molecule has 4 atom stereocenters. The summed E-state index contributed by atoms with van der Waals surface area (Å²) in [6.07, 6.45) is 7.29. The normalized spacial score (nSPS) is 26.6. The van der Waals surface area contributed by atoms with Crippen molar-refractivity contribution in [1.29, 1.82) is 0 Å². The Balaban J connectivity index is 1.57. The topological polar surface area (TPSA) is 12.5 Å². The molecule has 2 bridgehead atoms. The second-order valence-corrected chi connectivity index (χ2v) is 7.75. The van der Waals surface area contributed by atoms with Gasteiger partial charge in [-0.1, -0.05) is 60.7 Å². The molecule has 26 heavy (non-hydrogen) atoms. The summed E-state index contributed by atoms with van der Waals surface area (Å²) >= 11 is 0. The number of benzene rings is 2. The Morgan fingerprint density at radius 3 is 2.35 bits per heavy atom. The van der Waals surface area contributed by atoms with E-state index in [1.807, 2.05) is 6.08 Å². The molecule has 2 aromatic carbocycles. The van der Waals surface area contributed by atoms with E-state index in [1.165, 1.54) is 29.5 Å². The maximum absolute atomic E-state index is 6.80. The van der Waals surface area contributed by atoms with Gasteiger partial charge in [-0.15, -0.1) is 6.58 Å². The first-order valence-electron chi connectivity index (χ1n) is 9.89. The van der Waals surface area contributed by atoms with Crippen LogP contribution in [-0.4, -0.2) is 29.6 Å². The summed E-state index contributed by atoms with van der Waals surface area (Å²) in [4.78, 5) is 2.64. The van der Waals surface area contributed by atoms with Crippen LogP contribution < -0.4 is 0 Å². The predicted octanol–water partition coefficient (Wildman–Crippen LogP) is 5.28. The molecule has 2 saturated heterocycles. The Labute approximate surface area is 157 Å². The lowest BCUT2D eigenvalue weighted by molar-refractivity contribution is -0.0459.